The van der Waals surface area contributed by atoms with Crippen LogP contribution in [0.15, 0.2) is 0 Å². The minimum Gasteiger partial charge on any atom is -0.468 e. The average molecular weight is 254 g/mol. The maximum atomic E-state index is 11.1. The van der Waals surface area contributed by atoms with E-state index in [1.807, 2.05) is 0 Å². The number of esters is 2. The van der Waals surface area contributed by atoms with Crippen LogP contribution in [-0.4, -0.2) is 51.5 Å². The lowest BCUT2D eigenvalue weighted by atomic mass is 10.2. The quantitative estimate of drug-likeness (QED) is 0.681. The van der Waals surface area contributed by atoms with Gasteiger partial charge in [0.05, 0.1) is 7.11 Å². The molecule has 0 spiro atoms. The Labute approximate surface area is 100 Å². The molecular weight excluding hydrogens is 238 g/mol. The van der Waals surface area contributed by atoms with Gasteiger partial charge in [0.15, 0.2) is 0 Å². The highest BCUT2D eigenvalue weighted by molar-refractivity contribution is 5.85. The number of methoxy groups -OCH3 is 2. The van der Waals surface area contributed by atoms with E-state index < -0.39 is 5.97 Å². The molecule has 1 N–H and O–H groups in total. The lowest BCUT2D eigenvalue weighted by Gasteiger charge is -2.10. The molecule has 16 heavy (non-hydrogen) atoms. The van der Waals surface area contributed by atoms with Crippen LogP contribution in [-0.2, 0) is 23.8 Å². The molecule has 2 atom stereocenters. The molecule has 0 aromatic rings. The third kappa shape index (κ3) is 4.34. The molecule has 1 aliphatic heterocycles. The number of carbonyl (C=O) groups is 2. The summed E-state index contributed by atoms with van der Waals surface area (Å²) in [6.45, 7) is 0.397. The van der Waals surface area contributed by atoms with Crippen molar-refractivity contribution in [3.63, 3.8) is 0 Å². The van der Waals surface area contributed by atoms with Crippen molar-refractivity contribution in [1.82, 2.24) is 5.32 Å². The van der Waals surface area contributed by atoms with Crippen molar-refractivity contribution >= 4 is 24.3 Å². The smallest absolute Gasteiger partial charge is 0.332 e. The van der Waals surface area contributed by atoms with Crippen molar-refractivity contribution in [2.75, 3.05) is 27.4 Å². The zero-order chi connectivity index (χ0) is 11.3. The van der Waals surface area contributed by atoms with Gasteiger partial charge in [-0.25, -0.2) is 4.79 Å². The van der Waals surface area contributed by atoms with E-state index in [2.05, 4.69) is 14.8 Å². The van der Waals surface area contributed by atoms with Gasteiger partial charge in [-0.1, -0.05) is 0 Å². The number of ether oxygens (including phenoxy) is 3. The van der Waals surface area contributed by atoms with Crippen molar-refractivity contribution in [3.05, 3.63) is 0 Å². The van der Waals surface area contributed by atoms with Crippen molar-refractivity contribution < 1.29 is 23.8 Å². The van der Waals surface area contributed by atoms with E-state index in [9.17, 15) is 9.59 Å². The van der Waals surface area contributed by atoms with Crippen molar-refractivity contribution in [2.24, 2.45) is 0 Å². The molecule has 1 aliphatic rings. The summed E-state index contributed by atoms with van der Waals surface area (Å²) < 4.78 is 14.2. The second-order valence-corrected chi connectivity index (χ2v) is 3.26. The van der Waals surface area contributed by atoms with Crippen LogP contribution in [0.5, 0.6) is 0 Å². The average Bonchev–Trinajstić information content (AvgIpc) is 2.65. The van der Waals surface area contributed by atoms with Gasteiger partial charge < -0.3 is 19.5 Å². The second-order valence-electron chi connectivity index (χ2n) is 3.26. The summed E-state index contributed by atoms with van der Waals surface area (Å²) in [5.41, 5.74) is 0. The summed E-state index contributed by atoms with van der Waals surface area (Å²) in [7, 11) is 2.75. The summed E-state index contributed by atoms with van der Waals surface area (Å²) >= 11 is 0. The maximum absolute atomic E-state index is 11.1. The van der Waals surface area contributed by atoms with Crippen LogP contribution in [0.2, 0.25) is 0 Å². The van der Waals surface area contributed by atoms with Crippen LogP contribution in [0.25, 0.3) is 0 Å². The highest BCUT2D eigenvalue weighted by Crippen LogP contribution is 2.11. The van der Waals surface area contributed by atoms with E-state index in [1.165, 1.54) is 14.2 Å². The Morgan fingerprint density at radius 1 is 1.38 bits per heavy atom. The Hall–Kier alpha value is -0.850. The van der Waals surface area contributed by atoms with Gasteiger partial charge in [0.1, 0.15) is 18.8 Å². The molecule has 0 aliphatic carbocycles. The molecule has 0 bridgehead atoms. The largest absolute Gasteiger partial charge is 0.468 e. The van der Waals surface area contributed by atoms with Gasteiger partial charge in [-0.15, -0.1) is 12.4 Å². The van der Waals surface area contributed by atoms with Crippen molar-refractivity contribution in [3.8, 4) is 0 Å². The zero-order valence-electron chi connectivity index (χ0n) is 9.23. The Morgan fingerprint density at radius 2 is 2.06 bits per heavy atom. The van der Waals surface area contributed by atoms with E-state index in [0.717, 1.165) is 0 Å². The first-order valence-electron chi connectivity index (χ1n) is 4.67. The Bertz CT molecular complexity index is 248. The number of rotatable bonds is 4. The third-order valence-electron chi connectivity index (χ3n) is 2.14. The first-order valence-corrected chi connectivity index (χ1v) is 4.67. The summed E-state index contributed by atoms with van der Waals surface area (Å²) in [6, 6.07) is -0.379. The van der Waals surface area contributed by atoms with Crippen LogP contribution in [0.1, 0.15) is 6.42 Å². The van der Waals surface area contributed by atoms with E-state index in [1.54, 1.807) is 0 Å². The van der Waals surface area contributed by atoms with Gasteiger partial charge in [0, 0.05) is 20.1 Å². The highest BCUT2D eigenvalue weighted by atomic mass is 35.5. The van der Waals surface area contributed by atoms with Crippen LogP contribution in [0.4, 0.5) is 0 Å². The van der Waals surface area contributed by atoms with Crippen LogP contribution >= 0.6 is 12.4 Å². The van der Waals surface area contributed by atoms with Gasteiger partial charge in [-0.2, -0.15) is 0 Å². The fourth-order valence-corrected chi connectivity index (χ4v) is 1.45. The fourth-order valence-electron chi connectivity index (χ4n) is 1.45. The Morgan fingerprint density at radius 3 is 2.62 bits per heavy atom. The van der Waals surface area contributed by atoms with Gasteiger partial charge in [-0.3, -0.25) is 4.79 Å². The fraction of sp³-hybridized carbons (Fsp3) is 0.778. The molecule has 0 aromatic carbocycles. The van der Waals surface area contributed by atoms with E-state index in [4.69, 9.17) is 4.74 Å². The number of hydrogen-bond donors (Lipinski definition) is 1. The molecule has 1 saturated heterocycles. The summed E-state index contributed by atoms with van der Waals surface area (Å²) in [4.78, 5) is 22.2. The molecule has 0 aromatic heterocycles. The minimum atomic E-state index is -0.421. The number of nitrogens with one attached hydrogen (secondary N) is 1. The highest BCUT2D eigenvalue weighted by Gasteiger charge is 2.32. The predicted molar refractivity (Wildman–Crippen MR) is 57.4 cm³/mol. The lowest BCUT2D eigenvalue weighted by Crippen LogP contribution is -2.31. The lowest BCUT2D eigenvalue weighted by molar-refractivity contribution is -0.153. The SMILES string of the molecule is COCC(=O)O[C@@H]1CN[C@H](C(=O)OC)C1.Cl. The Balaban J connectivity index is 0.00000225. The number of halogens is 1. The summed E-state index contributed by atoms with van der Waals surface area (Å²) in [6.07, 6.45) is 0.166. The Kier molecular flexibility index (Phi) is 7.03. The molecule has 0 amide bonds. The van der Waals surface area contributed by atoms with Gasteiger partial charge in [0.2, 0.25) is 0 Å². The third-order valence-corrected chi connectivity index (χ3v) is 2.14. The molecule has 0 radical (unpaired) electrons. The summed E-state index contributed by atoms with van der Waals surface area (Å²) in [5, 5.41) is 2.91. The maximum Gasteiger partial charge on any atom is 0.332 e. The van der Waals surface area contributed by atoms with Crippen molar-refractivity contribution in [2.45, 2.75) is 18.6 Å². The molecule has 1 fully saturated rings. The van der Waals surface area contributed by atoms with Gasteiger partial charge in [0.25, 0.3) is 0 Å². The normalized spacial score (nSPS) is 23.4. The molecular formula is C9H16ClNO5. The number of carbonyl (C=O) groups excluding carboxylic acids is 2. The van der Waals surface area contributed by atoms with Gasteiger partial charge >= 0.3 is 11.9 Å². The standard InChI is InChI=1S/C9H15NO5.ClH/c1-13-5-8(11)15-6-3-7(10-4-6)9(12)14-2;/h6-7,10H,3-5H2,1-2H3;1H/t6-,7-;/m0./s1. The predicted octanol–water partition coefficient (Wildman–Crippen LogP) is -0.499. The van der Waals surface area contributed by atoms with Crippen LogP contribution in [0, 0.1) is 0 Å². The van der Waals surface area contributed by atoms with Crippen LogP contribution in [0.3, 0.4) is 0 Å². The monoisotopic (exact) mass is 253 g/mol. The molecule has 7 heteroatoms. The summed E-state index contributed by atoms with van der Waals surface area (Å²) in [5.74, 6) is -0.755. The van der Waals surface area contributed by atoms with E-state index >= 15 is 0 Å². The first-order chi connectivity index (χ1) is 7.17. The molecule has 6 nitrogen and oxygen atoms in total. The van der Waals surface area contributed by atoms with E-state index in [0.29, 0.717) is 13.0 Å². The molecule has 1 rings (SSSR count). The zero-order valence-corrected chi connectivity index (χ0v) is 10.0. The van der Waals surface area contributed by atoms with Gasteiger partial charge in [-0.05, 0) is 0 Å². The minimum absolute atomic E-state index is 0. The topological polar surface area (TPSA) is 73.9 Å². The first kappa shape index (κ1) is 15.2. The van der Waals surface area contributed by atoms with Crippen molar-refractivity contribution in [1.29, 1.82) is 0 Å². The van der Waals surface area contributed by atoms with Crippen LogP contribution < -0.4 is 5.32 Å². The molecule has 0 saturated carbocycles. The van der Waals surface area contributed by atoms with E-state index in [-0.39, 0.29) is 37.1 Å². The molecule has 0 unspecified atom stereocenters. The molecule has 94 valence electrons. The second kappa shape index (κ2) is 7.43. The number of hydrogen-bond acceptors (Lipinski definition) is 6. The molecule has 1 heterocycles.